The first kappa shape index (κ1) is 20.6. The van der Waals surface area contributed by atoms with Gasteiger partial charge in [-0.2, -0.15) is 0 Å². The topological polar surface area (TPSA) is 73.9 Å². The van der Waals surface area contributed by atoms with Gasteiger partial charge in [-0.3, -0.25) is 9.59 Å². The fourth-order valence-electron chi connectivity index (χ4n) is 2.29. The summed E-state index contributed by atoms with van der Waals surface area (Å²) in [6, 6.07) is 13.2. The van der Waals surface area contributed by atoms with Gasteiger partial charge in [0.25, 0.3) is 5.91 Å². The zero-order valence-corrected chi connectivity index (χ0v) is 16.4. The number of esters is 1. The number of thioether (sulfide) groups is 1. The molecule has 0 aromatic heterocycles. The van der Waals surface area contributed by atoms with E-state index in [2.05, 4.69) is 5.32 Å². The normalized spacial score (nSPS) is 10.2. The summed E-state index contributed by atoms with van der Waals surface area (Å²) in [4.78, 5) is 24.7. The van der Waals surface area contributed by atoms with Gasteiger partial charge in [-0.25, -0.2) is 0 Å². The molecular weight excluding hydrogens is 366 g/mol. The summed E-state index contributed by atoms with van der Waals surface area (Å²) in [5, 5.41) is 2.71. The van der Waals surface area contributed by atoms with Crippen LogP contribution in [0.5, 0.6) is 11.5 Å². The second-order valence-corrected chi connectivity index (χ2v) is 6.70. The molecule has 0 unspecified atom stereocenters. The van der Waals surface area contributed by atoms with Crippen LogP contribution in [-0.2, 0) is 20.9 Å². The highest BCUT2D eigenvalue weighted by Gasteiger charge is 2.10. The SMILES string of the molecule is COc1ccc(CNC(=O)COC(=O)CSc2ccccc2C)cc1OC. The molecule has 144 valence electrons. The lowest BCUT2D eigenvalue weighted by molar-refractivity contribution is -0.145. The number of carbonyl (C=O) groups excluding carboxylic acids is 2. The third-order valence-electron chi connectivity index (χ3n) is 3.74. The summed E-state index contributed by atoms with van der Waals surface area (Å²) >= 11 is 1.39. The fourth-order valence-corrected chi connectivity index (χ4v) is 3.11. The summed E-state index contributed by atoms with van der Waals surface area (Å²) in [6.07, 6.45) is 0. The monoisotopic (exact) mass is 389 g/mol. The molecule has 0 saturated carbocycles. The van der Waals surface area contributed by atoms with E-state index in [1.54, 1.807) is 26.4 Å². The van der Waals surface area contributed by atoms with Gasteiger partial charge < -0.3 is 19.5 Å². The van der Waals surface area contributed by atoms with Crippen LogP contribution < -0.4 is 14.8 Å². The van der Waals surface area contributed by atoms with Gasteiger partial charge >= 0.3 is 5.97 Å². The Kier molecular flexibility index (Phi) is 8.00. The van der Waals surface area contributed by atoms with Crippen LogP contribution in [-0.4, -0.2) is 38.5 Å². The molecule has 0 bridgehead atoms. The molecule has 0 fully saturated rings. The van der Waals surface area contributed by atoms with Gasteiger partial charge in [0.15, 0.2) is 18.1 Å². The zero-order valence-electron chi connectivity index (χ0n) is 15.6. The molecular formula is C20H23NO5S. The van der Waals surface area contributed by atoms with Gasteiger partial charge in [0, 0.05) is 11.4 Å². The van der Waals surface area contributed by atoms with Crippen molar-refractivity contribution in [2.45, 2.75) is 18.4 Å². The maximum atomic E-state index is 11.9. The molecule has 1 N–H and O–H groups in total. The van der Waals surface area contributed by atoms with Crippen LogP contribution in [0.3, 0.4) is 0 Å². The maximum absolute atomic E-state index is 11.9. The van der Waals surface area contributed by atoms with Crippen molar-refractivity contribution >= 4 is 23.6 Å². The highest BCUT2D eigenvalue weighted by molar-refractivity contribution is 8.00. The van der Waals surface area contributed by atoms with Crippen LogP contribution in [0.2, 0.25) is 0 Å². The average Bonchev–Trinajstić information content (AvgIpc) is 2.69. The smallest absolute Gasteiger partial charge is 0.316 e. The van der Waals surface area contributed by atoms with Gasteiger partial charge in [0.1, 0.15) is 0 Å². The van der Waals surface area contributed by atoms with Crippen LogP contribution in [0.4, 0.5) is 0 Å². The number of rotatable bonds is 9. The Morgan fingerprint density at radius 3 is 2.48 bits per heavy atom. The number of hydrogen-bond acceptors (Lipinski definition) is 6. The Morgan fingerprint density at radius 2 is 1.78 bits per heavy atom. The summed E-state index contributed by atoms with van der Waals surface area (Å²) < 4.78 is 15.4. The molecule has 1 amide bonds. The first-order chi connectivity index (χ1) is 13.0. The summed E-state index contributed by atoms with van der Waals surface area (Å²) in [5.74, 6) is 0.577. The molecule has 0 aliphatic heterocycles. The predicted octanol–water partition coefficient (Wildman–Crippen LogP) is 2.96. The number of nitrogens with one attached hydrogen (secondary N) is 1. The minimum Gasteiger partial charge on any atom is -0.493 e. The van der Waals surface area contributed by atoms with Crippen LogP contribution in [0.25, 0.3) is 0 Å². The number of ether oxygens (including phenoxy) is 3. The van der Waals surface area contributed by atoms with E-state index >= 15 is 0 Å². The van der Waals surface area contributed by atoms with Crippen molar-refractivity contribution in [3.05, 3.63) is 53.6 Å². The van der Waals surface area contributed by atoms with E-state index in [4.69, 9.17) is 14.2 Å². The van der Waals surface area contributed by atoms with Crippen molar-refractivity contribution in [2.75, 3.05) is 26.6 Å². The highest BCUT2D eigenvalue weighted by Crippen LogP contribution is 2.27. The van der Waals surface area contributed by atoms with E-state index in [-0.39, 0.29) is 18.3 Å². The lowest BCUT2D eigenvalue weighted by atomic mass is 10.2. The van der Waals surface area contributed by atoms with E-state index < -0.39 is 5.97 Å². The van der Waals surface area contributed by atoms with Crippen molar-refractivity contribution < 1.29 is 23.8 Å². The van der Waals surface area contributed by atoms with E-state index in [9.17, 15) is 9.59 Å². The summed E-state index contributed by atoms with van der Waals surface area (Å²) in [5.41, 5.74) is 1.95. The highest BCUT2D eigenvalue weighted by atomic mass is 32.2. The van der Waals surface area contributed by atoms with Crippen LogP contribution in [0, 0.1) is 6.92 Å². The Bertz CT molecular complexity index is 794. The molecule has 0 aliphatic rings. The minimum absolute atomic E-state index is 0.161. The van der Waals surface area contributed by atoms with Gasteiger partial charge in [-0.05, 0) is 36.2 Å². The Morgan fingerprint density at radius 1 is 1.04 bits per heavy atom. The Labute approximate surface area is 163 Å². The van der Waals surface area contributed by atoms with E-state index in [0.717, 1.165) is 16.0 Å². The molecule has 0 saturated heterocycles. The van der Waals surface area contributed by atoms with E-state index in [1.807, 2.05) is 37.3 Å². The van der Waals surface area contributed by atoms with Gasteiger partial charge in [-0.1, -0.05) is 24.3 Å². The van der Waals surface area contributed by atoms with E-state index in [0.29, 0.717) is 18.0 Å². The third-order valence-corrected chi connectivity index (χ3v) is 4.89. The van der Waals surface area contributed by atoms with Gasteiger partial charge in [0.05, 0.1) is 20.0 Å². The Hall–Kier alpha value is -2.67. The molecule has 0 aliphatic carbocycles. The number of aryl methyl sites for hydroxylation is 1. The Balaban J connectivity index is 1.73. The fraction of sp³-hybridized carbons (Fsp3) is 0.300. The maximum Gasteiger partial charge on any atom is 0.316 e. The second-order valence-electron chi connectivity index (χ2n) is 5.68. The zero-order chi connectivity index (χ0) is 19.6. The molecule has 27 heavy (non-hydrogen) atoms. The number of hydrogen-bond donors (Lipinski definition) is 1. The molecule has 0 spiro atoms. The third kappa shape index (κ3) is 6.53. The molecule has 0 atom stereocenters. The number of methoxy groups -OCH3 is 2. The lowest BCUT2D eigenvalue weighted by Gasteiger charge is -2.10. The van der Waals surface area contributed by atoms with Crippen molar-refractivity contribution in [1.29, 1.82) is 0 Å². The molecule has 7 heteroatoms. The van der Waals surface area contributed by atoms with Crippen LogP contribution >= 0.6 is 11.8 Å². The predicted molar refractivity (Wildman–Crippen MR) is 104 cm³/mol. The van der Waals surface area contributed by atoms with Crippen molar-refractivity contribution in [2.24, 2.45) is 0 Å². The number of carbonyl (C=O) groups is 2. The standard InChI is InChI=1S/C20H23NO5S/c1-14-6-4-5-7-18(14)27-13-20(23)26-12-19(22)21-11-15-8-9-16(24-2)17(10-15)25-3/h4-10H,11-13H2,1-3H3,(H,21,22). The largest absolute Gasteiger partial charge is 0.493 e. The lowest BCUT2D eigenvalue weighted by Crippen LogP contribution is -2.28. The quantitative estimate of drug-likeness (QED) is 0.525. The molecule has 2 rings (SSSR count). The van der Waals surface area contributed by atoms with Gasteiger partial charge in [-0.15, -0.1) is 11.8 Å². The summed E-state index contributed by atoms with van der Waals surface area (Å²) in [7, 11) is 3.11. The second kappa shape index (κ2) is 10.5. The van der Waals surface area contributed by atoms with E-state index in [1.165, 1.54) is 11.8 Å². The van der Waals surface area contributed by atoms with Crippen molar-refractivity contribution in [3.63, 3.8) is 0 Å². The summed E-state index contributed by atoms with van der Waals surface area (Å²) in [6.45, 7) is 1.98. The number of amides is 1. The first-order valence-corrected chi connectivity index (χ1v) is 9.33. The van der Waals surface area contributed by atoms with Crippen LogP contribution in [0.15, 0.2) is 47.4 Å². The number of benzene rings is 2. The molecule has 2 aromatic carbocycles. The molecule has 0 radical (unpaired) electrons. The molecule has 6 nitrogen and oxygen atoms in total. The van der Waals surface area contributed by atoms with Crippen LogP contribution in [0.1, 0.15) is 11.1 Å². The first-order valence-electron chi connectivity index (χ1n) is 8.35. The van der Waals surface area contributed by atoms with Crippen molar-refractivity contribution in [1.82, 2.24) is 5.32 Å². The average molecular weight is 389 g/mol. The molecule has 2 aromatic rings. The van der Waals surface area contributed by atoms with Crippen molar-refractivity contribution in [3.8, 4) is 11.5 Å². The minimum atomic E-state index is -0.426. The molecule has 0 heterocycles. The van der Waals surface area contributed by atoms with Gasteiger partial charge in [0.2, 0.25) is 0 Å².